The van der Waals surface area contributed by atoms with Gasteiger partial charge >= 0.3 is 5.97 Å². The molecule has 1 rings (SSSR count). The Balaban J connectivity index is 2.62. The minimum atomic E-state index is -0.610. The predicted molar refractivity (Wildman–Crippen MR) is 74.4 cm³/mol. The van der Waals surface area contributed by atoms with Crippen molar-refractivity contribution < 1.29 is 14.3 Å². The number of anilines is 1. The van der Waals surface area contributed by atoms with Crippen LogP contribution in [0.4, 0.5) is 5.82 Å². The average molecular weight is 280 g/mol. The van der Waals surface area contributed by atoms with Crippen LogP contribution in [0.2, 0.25) is 0 Å². The Labute approximate surface area is 118 Å². The second kappa shape index (κ2) is 7.42. The molecule has 1 amide bonds. The van der Waals surface area contributed by atoms with Crippen LogP contribution >= 0.6 is 0 Å². The maximum absolute atomic E-state index is 11.6. The van der Waals surface area contributed by atoms with Crippen LogP contribution in [0.25, 0.3) is 0 Å². The van der Waals surface area contributed by atoms with Crippen molar-refractivity contribution in [2.24, 2.45) is 5.92 Å². The van der Waals surface area contributed by atoms with Crippen molar-refractivity contribution in [3.63, 3.8) is 0 Å². The first-order valence-corrected chi connectivity index (χ1v) is 6.37. The van der Waals surface area contributed by atoms with E-state index in [1.807, 2.05) is 13.8 Å². The lowest BCUT2D eigenvalue weighted by atomic mass is 10.2. The third kappa shape index (κ3) is 5.21. The lowest BCUT2D eigenvalue weighted by molar-refractivity contribution is -0.119. The van der Waals surface area contributed by atoms with E-state index in [2.05, 4.69) is 25.3 Å². The Bertz CT molecular complexity index is 489. The maximum atomic E-state index is 11.6. The number of hydrogen-bond acceptors (Lipinski definition) is 6. The number of esters is 1. The third-order valence-electron chi connectivity index (χ3n) is 2.36. The molecule has 1 aromatic heterocycles. The summed E-state index contributed by atoms with van der Waals surface area (Å²) in [5.74, 6) is 0.0388. The molecule has 0 saturated carbocycles. The van der Waals surface area contributed by atoms with Crippen molar-refractivity contribution in [3.8, 4) is 0 Å². The maximum Gasteiger partial charge on any atom is 0.376 e. The van der Waals surface area contributed by atoms with Gasteiger partial charge in [-0.2, -0.15) is 0 Å². The molecule has 0 fully saturated rings. The van der Waals surface area contributed by atoms with Crippen LogP contribution in [0.1, 0.15) is 30.2 Å². The van der Waals surface area contributed by atoms with Crippen LogP contribution in [0.3, 0.4) is 0 Å². The Hall–Kier alpha value is -2.18. The Morgan fingerprint density at radius 3 is 2.65 bits per heavy atom. The van der Waals surface area contributed by atoms with E-state index < -0.39 is 5.97 Å². The van der Waals surface area contributed by atoms with Crippen molar-refractivity contribution in [2.45, 2.75) is 20.8 Å². The molecule has 0 saturated heterocycles. The van der Waals surface area contributed by atoms with Crippen LogP contribution in [0, 0.1) is 12.8 Å². The molecule has 7 nitrogen and oxygen atoms in total. The molecule has 0 aromatic carbocycles. The van der Waals surface area contributed by atoms with Gasteiger partial charge in [-0.3, -0.25) is 4.79 Å². The largest absolute Gasteiger partial charge is 0.463 e. The summed E-state index contributed by atoms with van der Waals surface area (Å²) in [5.41, 5.74) is 0.616. The molecule has 1 heterocycles. The standard InChI is InChI=1S/C13H20N4O3/c1-8(2)6-15-11(18)7-14-10-5-9(3)16-12(17-10)13(19)20-4/h5,8H,6-7H2,1-4H3,(H,15,18)(H,14,16,17). The molecule has 20 heavy (non-hydrogen) atoms. The zero-order valence-corrected chi connectivity index (χ0v) is 12.2. The quantitative estimate of drug-likeness (QED) is 0.747. The third-order valence-corrected chi connectivity index (χ3v) is 2.36. The molecule has 0 bridgehead atoms. The number of hydrogen-bond donors (Lipinski definition) is 2. The molecule has 0 aliphatic carbocycles. The van der Waals surface area contributed by atoms with Gasteiger partial charge in [-0.25, -0.2) is 14.8 Å². The Morgan fingerprint density at radius 1 is 1.35 bits per heavy atom. The molecule has 0 spiro atoms. The first-order valence-electron chi connectivity index (χ1n) is 6.37. The number of rotatable bonds is 6. The number of nitrogens with zero attached hydrogens (tertiary/aromatic N) is 2. The molecule has 0 aliphatic heterocycles. The van der Waals surface area contributed by atoms with Gasteiger partial charge < -0.3 is 15.4 Å². The fraction of sp³-hybridized carbons (Fsp3) is 0.538. The van der Waals surface area contributed by atoms with Crippen molar-refractivity contribution in [3.05, 3.63) is 17.6 Å². The monoisotopic (exact) mass is 280 g/mol. The first kappa shape index (κ1) is 15.9. The molecule has 0 radical (unpaired) electrons. The first-order chi connectivity index (χ1) is 9.42. The number of carbonyl (C=O) groups is 2. The summed E-state index contributed by atoms with van der Waals surface area (Å²) in [6.45, 7) is 6.48. The number of carbonyl (C=O) groups excluding carboxylic acids is 2. The van der Waals surface area contributed by atoms with E-state index in [0.717, 1.165) is 0 Å². The highest BCUT2D eigenvalue weighted by Gasteiger charge is 2.12. The normalized spacial score (nSPS) is 10.2. The number of aryl methyl sites for hydroxylation is 1. The van der Waals surface area contributed by atoms with Crippen LogP contribution in [0.15, 0.2) is 6.07 Å². The minimum Gasteiger partial charge on any atom is -0.463 e. The van der Waals surface area contributed by atoms with Crippen LogP contribution in [0.5, 0.6) is 0 Å². The highest BCUT2D eigenvalue weighted by Crippen LogP contribution is 2.06. The highest BCUT2D eigenvalue weighted by atomic mass is 16.5. The topological polar surface area (TPSA) is 93.2 Å². The number of amides is 1. The second-order valence-electron chi connectivity index (χ2n) is 4.76. The molecule has 0 atom stereocenters. The van der Waals surface area contributed by atoms with E-state index >= 15 is 0 Å². The molecule has 7 heteroatoms. The van der Waals surface area contributed by atoms with Gasteiger partial charge in [-0.05, 0) is 12.8 Å². The fourth-order valence-electron chi connectivity index (χ4n) is 1.39. The molecular formula is C13H20N4O3. The lowest BCUT2D eigenvalue weighted by Crippen LogP contribution is -2.32. The second-order valence-corrected chi connectivity index (χ2v) is 4.76. The summed E-state index contributed by atoms with van der Waals surface area (Å²) in [5, 5.41) is 5.64. The summed E-state index contributed by atoms with van der Waals surface area (Å²) < 4.78 is 4.57. The van der Waals surface area contributed by atoms with Crippen molar-refractivity contribution in [1.82, 2.24) is 15.3 Å². The summed E-state index contributed by atoms with van der Waals surface area (Å²) in [6.07, 6.45) is 0. The lowest BCUT2D eigenvalue weighted by Gasteiger charge is -2.09. The molecule has 0 aliphatic rings. The summed E-state index contributed by atoms with van der Waals surface area (Å²) in [6, 6.07) is 1.65. The van der Waals surface area contributed by atoms with E-state index in [-0.39, 0.29) is 18.3 Å². The zero-order chi connectivity index (χ0) is 15.1. The van der Waals surface area contributed by atoms with Crippen LogP contribution < -0.4 is 10.6 Å². The van der Waals surface area contributed by atoms with Gasteiger partial charge in [0.1, 0.15) is 5.82 Å². The minimum absolute atomic E-state index is 0.0300. The number of methoxy groups -OCH3 is 1. The van der Waals surface area contributed by atoms with E-state index in [4.69, 9.17) is 0 Å². The van der Waals surface area contributed by atoms with E-state index in [0.29, 0.717) is 24.0 Å². The van der Waals surface area contributed by atoms with Crippen LogP contribution in [-0.4, -0.2) is 42.0 Å². The predicted octanol–water partition coefficient (Wildman–Crippen LogP) is 0.756. The molecule has 0 unspecified atom stereocenters. The summed E-state index contributed by atoms with van der Waals surface area (Å²) in [4.78, 5) is 30.9. The number of aromatic nitrogens is 2. The number of nitrogens with one attached hydrogen (secondary N) is 2. The molecular weight excluding hydrogens is 260 g/mol. The SMILES string of the molecule is COC(=O)c1nc(C)cc(NCC(=O)NCC(C)C)n1. The smallest absolute Gasteiger partial charge is 0.376 e. The summed E-state index contributed by atoms with van der Waals surface area (Å²) >= 11 is 0. The van der Waals surface area contributed by atoms with Gasteiger partial charge in [0.05, 0.1) is 13.7 Å². The van der Waals surface area contributed by atoms with E-state index in [9.17, 15) is 9.59 Å². The van der Waals surface area contributed by atoms with Gasteiger partial charge in [0, 0.05) is 18.3 Å². The van der Waals surface area contributed by atoms with Crippen molar-refractivity contribution >= 4 is 17.7 Å². The van der Waals surface area contributed by atoms with E-state index in [1.165, 1.54) is 7.11 Å². The summed E-state index contributed by atoms with van der Waals surface area (Å²) in [7, 11) is 1.26. The van der Waals surface area contributed by atoms with Crippen molar-refractivity contribution in [1.29, 1.82) is 0 Å². The fourth-order valence-corrected chi connectivity index (χ4v) is 1.39. The van der Waals surface area contributed by atoms with E-state index in [1.54, 1.807) is 13.0 Å². The van der Waals surface area contributed by atoms with Crippen molar-refractivity contribution in [2.75, 3.05) is 25.5 Å². The zero-order valence-electron chi connectivity index (χ0n) is 12.2. The average Bonchev–Trinajstić information content (AvgIpc) is 2.41. The molecule has 2 N–H and O–H groups in total. The van der Waals surface area contributed by atoms with Gasteiger partial charge in [0.25, 0.3) is 0 Å². The van der Waals surface area contributed by atoms with Gasteiger partial charge in [-0.1, -0.05) is 13.8 Å². The highest BCUT2D eigenvalue weighted by molar-refractivity contribution is 5.85. The van der Waals surface area contributed by atoms with Gasteiger partial charge in [0.2, 0.25) is 11.7 Å². The number of ether oxygens (including phenoxy) is 1. The molecule has 1 aromatic rings. The Kier molecular flexibility index (Phi) is 5.89. The Morgan fingerprint density at radius 2 is 2.05 bits per heavy atom. The molecule has 110 valence electrons. The van der Waals surface area contributed by atoms with Gasteiger partial charge in [-0.15, -0.1) is 0 Å². The van der Waals surface area contributed by atoms with Gasteiger partial charge in [0.15, 0.2) is 0 Å². The van der Waals surface area contributed by atoms with Crippen LogP contribution in [-0.2, 0) is 9.53 Å².